The van der Waals surface area contributed by atoms with Crippen molar-refractivity contribution < 1.29 is 23.5 Å². The van der Waals surface area contributed by atoms with Gasteiger partial charge in [0.15, 0.2) is 6.61 Å². The lowest BCUT2D eigenvalue weighted by Crippen LogP contribution is -2.41. The number of piperidine rings is 1. The van der Waals surface area contributed by atoms with E-state index < -0.39 is 11.8 Å². The van der Waals surface area contributed by atoms with E-state index in [2.05, 4.69) is 19.2 Å². The van der Waals surface area contributed by atoms with Crippen LogP contribution in [0.15, 0.2) is 42.5 Å². The minimum absolute atomic E-state index is 0.185. The zero-order valence-corrected chi connectivity index (χ0v) is 18.7. The van der Waals surface area contributed by atoms with Crippen molar-refractivity contribution in [3.05, 3.63) is 65.0 Å². The predicted molar refractivity (Wildman–Crippen MR) is 120 cm³/mol. The highest BCUT2D eigenvalue weighted by Crippen LogP contribution is 2.27. The van der Waals surface area contributed by atoms with E-state index in [1.165, 1.54) is 24.3 Å². The molecule has 0 unspecified atom stereocenters. The topological polar surface area (TPSA) is 75.7 Å². The molecule has 2 aromatic rings. The van der Waals surface area contributed by atoms with E-state index in [0.29, 0.717) is 31.5 Å². The number of rotatable bonds is 6. The molecule has 2 amide bonds. The Balaban J connectivity index is 1.48. The van der Waals surface area contributed by atoms with E-state index in [0.717, 1.165) is 16.8 Å². The van der Waals surface area contributed by atoms with Gasteiger partial charge in [-0.25, -0.2) is 4.39 Å². The number of benzene rings is 2. The molecule has 2 aromatic carbocycles. The predicted octanol–water partition coefficient (Wildman–Crippen LogP) is 4.29. The summed E-state index contributed by atoms with van der Waals surface area (Å²) in [5.41, 5.74) is 3.16. The Labute approximate surface area is 187 Å². The standard InChI is InChI=1S/C25H29FN2O4/c1-16(2)21-6-4-5-17(3)23(21)27-22(29)15-32-25(31)19-11-13-28(14-12-19)24(30)18-7-9-20(26)10-8-18/h4-10,16,19H,11-15H2,1-3H3,(H,27,29). The highest BCUT2D eigenvalue weighted by molar-refractivity contribution is 5.95. The molecule has 0 bridgehead atoms. The summed E-state index contributed by atoms with van der Waals surface area (Å²) < 4.78 is 18.3. The van der Waals surface area contributed by atoms with E-state index >= 15 is 0 Å². The fourth-order valence-corrected chi connectivity index (χ4v) is 3.87. The molecule has 6 nitrogen and oxygen atoms in total. The molecular weight excluding hydrogens is 411 g/mol. The maximum absolute atomic E-state index is 13.1. The Bertz CT molecular complexity index is 980. The minimum Gasteiger partial charge on any atom is -0.455 e. The molecule has 32 heavy (non-hydrogen) atoms. The Morgan fingerprint density at radius 2 is 1.75 bits per heavy atom. The molecule has 0 atom stereocenters. The van der Waals surface area contributed by atoms with E-state index in [1.807, 2.05) is 25.1 Å². The fourth-order valence-electron chi connectivity index (χ4n) is 3.87. The Morgan fingerprint density at radius 1 is 1.09 bits per heavy atom. The third-order valence-corrected chi connectivity index (χ3v) is 5.74. The number of para-hydroxylation sites is 1. The van der Waals surface area contributed by atoms with E-state index in [4.69, 9.17) is 4.74 Å². The SMILES string of the molecule is Cc1cccc(C(C)C)c1NC(=O)COC(=O)C1CCN(C(=O)c2ccc(F)cc2)CC1. The number of amides is 2. The zero-order chi connectivity index (χ0) is 23.3. The highest BCUT2D eigenvalue weighted by atomic mass is 19.1. The van der Waals surface area contributed by atoms with Gasteiger partial charge in [0.05, 0.1) is 5.92 Å². The van der Waals surface area contributed by atoms with Crippen molar-refractivity contribution in [1.82, 2.24) is 4.90 Å². The number of anilines is 1. The van der Waals surface area contributed by atoms with Gasteiger partial charge in [0, 0.05) is 24.3 Å². The van der Waals surface area contributed by atoms with Gasteiger partial charge < -0.3 is 15.0 Å². The van der Waals surface area contributed by atoms with Crippen LogP contribution in [0.1, 0.15) is 54.1 Å². The first-order valence-electron chi connectivity index (χ1n) is 10.9. The van der Waals surface area contributed by atoms with Crippen molar-refractivity contribution in [2.45, 2.75) is 39.5 Å². The Kier molecular flexibility index (Phi) is 7.62. The van der Waals surface area contributed by atoms with Crippen molar-refractivity contribution in [3.63, 3.8) is 0 Å². The molecule has 0 radical (unpaired) electrons. The number of likely N-dealkylation sites (tertiary alicyclic amines) is 1. The summed E-state index contributed by atoms with van der Waals surface area (Å²) in [6, 6.07) is 11.3. The summed E-state index contributed by atoms with van der Waals surface area (Å²) in [5.74, 6) is -1.49. The van der Waals surface area contributed by atoms with Crippen molar-refractivity contribution in [3.8, 4) is 0 Å². The van der Waals surface area contributed by atoms with Gasteiger partial charge in [-0.3, -0.25) is 14.4 Å². The van der Waals surface area contributed by atoms with Crippen molar-refractivity contribution in [2.24, 2.45) is 5.92 Å². The number of hydrogen-bond donors (Lipinski definition) is 1. The second kappa shape index (κ2) is 10.4. The summed E-state index contributed by atoms with van der Waals surface area (Å²) >= 11 is 0. The summed E-state index contributed by atoms with van der Waals surface area (Å²) in [4.78, 5) is 39.0. The van der Waals surface area contributed by atoms with Gasteiger partial charge in [-0.15, -0.1) is 0 Å². The van der Waals surface area contributed by atoms with Gasteiger partial charge in [0.25, 0.3) is 11.8 Å². The van der Waals surface area contributed by atoms with Crippen LogP contribution in [-0.4, -0.2) is 42.4 Å². The average molecular weight is 441 g/mol. The van der Waals surface area contributed by atoms with Crippen molar-refractivity contribution in [1.29, 1.82) is 0 Å². The average Bonchev–Trinajstić information content (AvgIpc) is 2.78. The van der Waals surface area contributed by atoms with Gasteiger partial charge in [0.2, 0.25) is 0 Å². The number of nitrogens with one attached hydrogen (secondary N) is 1. The van der Waals surface area contributed by atoms with Crippen molar-refractivity contribution >= 4 is 23.5 Å². The van der Waals surface area contributed by atoms with Gasteiger partial charge in [-0.2, -0.15) is 0 Å². The van der Waals surface area contributed by atoms with Crippen LogP contribution in [0.2, 0.25) is 0 Å². The molecule has 0 spiro atoms. The molecule has 0 aliphatic carbocycles. The molecule has 1 heterocycles. The lowest BCUT2D eigenvalue weighted by Gasteiger charge is -2.31. The number of halogens is 1. The molecule has 1 saturated heterocycles. The number of carbonyl (C=O) groups excluding carboxylic acids is 3. The van der Waals surface area contributed by atoms with E-state index in [9.17, 15) is 18.8 Å². The first-order chi connectivity index (χ1) is 15.3. The van der Waals surface area contributed by atoms with Crippen LogP contribution < -0.4 is 5.32 Å². The number of carbonyl (C=O) groups is 3. The minimum atomic E-state index is -0.428. The van der Waals surface area contributed by atoms with Crippen LogP contribution in [0.4, 0.5) is 10.1 Å². The van der Waals surface area contributed by atoms with Crippen LogP contribution in [0.25, 0.3) is 0 Å². The largest absolute Gasteiger partial charge is 0.455 e. The molecule has 0 aromatic heterocycles. The first-order valence-corrected chi connectivity index (χ1v) is 10.9. The van der Waals surface area contributed by atoms with Gasteiger partial charge in [-0.1, -0.05) is 32.0 Å². The lowest BCUT2D eigenvalue weighted by atomic mass is 9.96. The van der Waals surface area contributed by atoms with E-state index in [1.54, 1.807) is 4.90 Å². The molecule has 0 saturated carbocycles. The number of esters is 1. The third kappa shape index (κ3) is 5.72. The second-order valence-electron chi connectivity index (χ2n) is 8.42. The summed E-state index contributed by atoms with van der Waals surface area (Å²) in [5, 5.41) is 2.87. The quantitative estimate of drug-likeness (QED) is 0.680. The second-order valence-corrected chi connectivity index (χ2v) is 8.42. The van der Waals surface area contributed by atoms with Crippen LogP contribution in [0.5, 0.6) is 0 Å². The zero-order valence-electron chi connectivity index (χ0n) is 18.7. The van der Waals surface area contributed by atoms with Crippen LogP contribution in [0, 0.1) is 18.7 Å². The Morgan fingerprint density at radius 3 is 2.38 bits per heavy atom. The van der Waals surface area contributed by atoms with Crippen LogP contribution in [0.3, 0.4) is 0 Å². The molecule has 3 rings (SSSR count). The molecule has 1 fully saturated rings. The highest BCUT2D eigenvalue weighted by Gasteiger charge is 2.29. The molecule has 1 aliphatic rings. The monoisotopic (exact) mass is 440 g/mol. The van der Waals surface area contributed by atoms with Crippen molar-refractivity contribution in [2.75, 3.05) is 25.0 Å². The van der Waals surface area contributed by atoms with E-state index in [-0.39, 0.29) is 30.3 Å². The third-order valence-electron chi connectivity index (χ3n) is 5.74. The molecular formula is C25H29FN2O4. The number of aryl methyl sites for hydroxylation is 1. The maximum Gasteiger partial charge on any atom is 0.309 e. The smallest absolute Gasteiger partial charge is 0.309 e. The molecule has 1 N–H and O–H groups in total. The van der Waals surface area contributed by atoms with Crippen LogP contribution in [-0.2, 0) is 14.3 Å². The van der Waals surface area contributed by atoms with Gasteiger partial charge in [0.1, 0.15) is 5.82 Å². The summed E-state index contributed by atoms with van der Waals surface area (Å²) in [7, 11) is 0. The summed E-state index contributed by atoms with van der Waals surface area (Å²) in [6.07, 6.45) is 0.922. The van der Waals surface area contributed by atoms with Gasteiger partial charge >= 0.3 is 5.97 Å². The number of nitrogens with zero attached hydrogens (tertiary/aromatic N) is 1. The molecule has 170 valence electrons. The fraction of sp³-hybridized carbons (Fsp3) is 0.400. The first kappa shape index (κ1) is 23.4. The van der Waals surface area contributed by atoms with Crippen LogP contribution >= 0.6 is 0 Å². The Hall–Kier alpha value is -3.22. The lowest BCUT2D eigenvalue weighted by molar-refractivity contribution is -0.152. The molecule has 7 heteroatoms. The van der Waals surface area contributed by atoms with Gasteiger partial charge in [-0.05, 0) is 61.1 Å². The number of hydrogen-bond acceptors (Lipinski definition) is 4. The number of ether oxygens (including phenoxy) is 1. The normalized spacial score (nSPS) is 14.3. The summed E-state index contributed by atoms with van der Waals surface area (Å²) in [6.45, 7) is 6.50. The maximum atomic E-state index is 13.1. The molecule has 1 aliphatic heterocycles.